The second-order valence-electron chi connectivity index (χ2n) is 3.58. The monoisotopic (exact) mass is 226 g/mol. The number of rotatable bonds is 8. The molecule has 0 unspecified atom stereocenters. The minimum absolute atomic E-state index is 0.400. The number of likely N-dealkylation sites (N-methyl/N-ethyl adjacent to an activating group) is 1. The maximum Gasteiger partial charge on any atom is 0.401 e. The third-order valence-corrected chi connectivity index (χ3v) is 2.21. The summed E-state index contributed by atoms with van der Waals surface area (Å²) in [6.45, 7) is 6.20. The number of nitrogens with zero attached hydrogens (tertiary/aromatic N) is 1. The van der Waals surface area contributed by atoms with E-state index in [1.54, 1.807) is 0 Å². The molecule has 92 valence electrons. The molecule has 2 nitrogen and oxygen atoms in total. The summed E-state index contributed by atoms with van der Waals surface area (Å²) < 4.78 is 35.4. The summed E-state index contributed by atoms with van der Waals surface area (Å²) in [5.41, 5.74) is 0. The van der Waals surface area contributed by atoms with Crippen LogP contribution in [0.25, 0.3) is 0 Å². The van der Waals surface area contributed by atoms with Crippen LogP contribution in [0.15, 0.2) is 0 Å². The summed E-state index contributed by atoms with van der Waals surface area (Å²) in [7, 11) is 0. The lowest BCUT2D eigenvalue weighted by atomic mass is 10.3. The lowest BCUT2D eigenvalue weighted by Gasteiger charge is -2.20. The van der Waals surface area contributed by atoms with Gasteiger partial charge in [-0.2, -0.15) is 13.2 Å². The standard InChI is InChI=1S/C10H21F3N2/c1-3-5-7-15(4-2)8-6-14-9-10(11,12)13/h14H,3-9H2,1-2H3. The van der Waals surface area contributed by atoms with Gasteiger partial charge < -0.3 is 10.2 Å². The second kappa shape index (κ2) is 7.93. The molecule has 0 aliphatic rings. The number of nitrogens with one attached hydrogen (secondary N) is 1. The molecule has 0 saturated heterocycles. The van der Waals surface area contributed by atoms with E-state index in [-0.39, 0.29) is 0 Å². The summed E-state index contributed by atoms with van der Waals surface area (Å²) in [5, 5.41) is 2.40. The fourth-order valence-corrected chi connectivity index (χ4v) is 1.28. The molecule has 15 heavy (non-hydrogen) atoms. The summed E-state index contributed by atoms with van der Waals surface area (Å²) in [6.07, 6.45) is -1.87. The summed E-state index contributed by atoms with van der Waals surface area (Å²) in [4.78, 5) is 2.16. The lowest BCUT2D eigenvalue weighted by molar-refractivity contribution is -0.124. The average molecular weight is 226 g/mol. The number of halogens is 3. The van der Waals surface area contributed by atoms with E-state index in [1.807, 2.05) is 6.92 Å². The van der Waals surface area contributed by atoms with Gasteiger partial charge in [0.15, 0.2) is 0 Å². The molecule has 0 aliphatic carbocycles. The highest BCUT2D eigenvalue weighted by atomic mass is 19.4. The van der Waals surface area contributed by atoms with Gasteiger partial charge in [-0.25, -0.2) is 0 Å². The van der Waals surface area contributed by atoms with Crippen molar-refractivity contribution < 1.29 is 13.2 Å². The predicted octanol–water partition coefficient (Wildman–Crippen LogP) is 2.26. The van der Waals surface area contributed by atoms with Crippen LogP contribution in [-0.4, -0.2) is 43.8 Å². The number of unbranched alkanes of at least 4 members (excludes halogenated alkanes) is 1. The SMILES string of the molecule is CCCCN(CC)CCNCC(F)(F)F. The Morgan fingerprint density at radius 1 is 1.13 bits per heavy atom. The van der Waals surface area contributed by atoms with Gasteiger partial charge in [-0.05, 0) is 19.5 Å². The van der Waals surface area contributed by atoms with Crippen LogP contribution in [0.5, 0.6) is 0 Å². The van der Waals surface area contributed by atoms with Crippen LogP contribution in [0.1, 0.15) is 26.7 Å². The number of alkyl halides is 3. The zero-order valence-corrected chi connectivity index (χ0v) is 9.53. The fourth-order valence-electron chi connectivity index (χ4n) is 1.28. The molecule has 0 saturated carbocycles. The van der Waals surface area contributed by atoms with Gasteiger partial charge in [0.25, 0.3) is 0 Å². The van der Waals surface area contributed by atoms with Gasteiger partial charge in [-0.15, -0.1) is 0 Å². The summed E-state index contributed by atoms with van der Waals surface area (Å²) in [5.74, 6) is 0. The molecule has 0 aromatic heterocycles. The molecule has 0 fully saturated rings. The predicted molar refractivity (Wildman–Crippen MR) is 55.9 cm³/mol. The van der Waals surface area contributed by atoms with Crippen LogP contribution in [0.3, 0.4) is 0 Å². The highest BCUT2D eigenvalue weighted by Crippen LogP contribution is 2.11. The van der Waals surface area contributed by atoms with Gasteiger partial charge in [-0.1, -0.05) is 20.3 Å². The number of hydrogen-bond donors (Lipinski definition) is 1. The second-order valence-corrected chi connectivity index (χ2v) is 3.58. The van der Waals surface area contributed by atoms with Gasteiger partial charge in [0.1, 0.15) is 0 Å². The van der Waals surface area contributed by atoms with Crippen LogP contribution in [0, 0.1) is 0 Å². The third-order valence-electron chi connectivity index (χ3n) is 2.21. The van der Waals surface area contributed by atoms with Gasteiger partial charge in [0, 0.05) is 13.1 Å². The van der Waals surface area contributed by atoms with E-state index >= 15 is 0 Å². The van der Waals surface area contributed by atoms with Gasteiger partial charge in [0.05, 0.1) is 6.54 Å². The van der Waals surface area contributed by atoms with E-state index < -0.39 is 12.7 Å². The van der Waals surface area contributed by atoms with Crippen molar-refractivity contribution in [2.75, 3.05) is 32.7 Å². The molecular weight excluding hydrogens is 205 g/mol. The van der Waals surface area contributed by atoms with E-state index in [2.05, 4.69) is 17.1 Å². The molecule has 0 bridgehead atoms. The molecule has 0 amide bonds. The van der Waals surface area contributed by atoms with E-state index in [0.717, 1.165) is 25.9 Å². The molecule has 5 heteroatoms. The van der Waals surface area contributed by atoms with Gasteiger partial charge in [0.2, 0.25) is 0 Å². The molecule has 0 rings (SSSR count). The molecule has 1 N–H and O–H groups in total. The Bertz CT molecular complexity index is 148. The van der Waals surface area contributed by atoms with Crippen LogP contribution in [0.2, 0.25) is 0 Å². The molecule has 0 aliphatic heterocycles. The third kappa shape index (κ3) is 10.0. The van der Waals surface area contributed by atoms with Crippen LogP contribution >= 0.6 is 0 Å². The van der Waals surface area contributed by atoms with E-state index in [9.17, 15) is 13.2 Å². The maximum absolute atomic E-state index is 11.8. The van der Waals surface area contributed by atoms with E-state index in [0.29, 0.717) is 13.1 Å². The molecule has 0 aromatic rings. The molecule has 0 aromatic carbocycles. The first-order valence-corrected chi connectivity index (χ1v) is 5.49. The Balaban J connectivity index is 3.46. The first kappa shape index (κ1) is 14.7. The molecule has 0 atom stereocenters. The Morgan fingerprint density at radius 2 is 1.80 bits per heavy atom. The van der Waals surface area contributed by atoms with Crippen molar-refractivity contribution in [2.45, 2.75) is 32.9 Å². The highest BCUT2D eigenvalue weighted by molar-refractivity contribution is 4.60. The smallest absolute Gasteiger partial charge is 0.307 e. The van der Waals surface area contributed by atoms with Gasteiger partial charge >= 0.3 is 6.18 Å². The van der Waals surface area contributed by atoms with Crippen LogP contribution in [0.4, 0.5) is 13.2 Å². The first-order chi connectivity index (χ1) is 6.99. The van der Waals surface area contributed by atoms with Crippen molar-refractivity contribution in [3.8, 4) is 0 Å². The first-order valence-electron chi connectivity index (χ1n) is 5.49. The van der Waals surface area contributed by atoms with Crippen molar-refractivity contribution in [3.05, 3.63) is 0 Å². The van der Waals surface area contributed by atoms with E-state index in [1.165, 1.54) is 0 Å². The van der Waals surface area contributed by atoms with Crippen LogP contribution in [-0.2, 0) is 0 Å². The zero-order valence-electron chi connectivity index (χ0n) is 9.53. The Morgan fingerprint density at radius 3 is 2.27 bits per heavy atom. The Hall–Kier alpha value is -0.290. The Kier molecular flexibility index (Phi) is 7.78. The normalized spacial score (nSPS) is 12.4. The topological polar surface area (TPSA) is 15.3 Å². The molecular formula is C10H21F3N2. The van der Waals surface area contributed by atoms with Crippen molar-refractivity contribution in [3.63, 3.8) is 0 Å². The quantitative estimate of drug-likeness (QED) is 0.639. The highest BCUT2D eigenvalue weighted by Gasteiger charge is 2.25. The largest absolute Gasteiger partial charge is 0.401 e. The van der Waals surface area contributed by atoms with Crippen molar-refractivity contribution in [2.24, 2.45) is 0 Å². The van der Waals surface area contributed by atoms with Crippen molar-refractivity contribution in [1.82, 2.24) is 10.2 Å². The zero-order chi connectivity index (χ0) is 11.7. The Labute approximate surface area is 89.8 Å². The van der Waals surface area contributed by atoms with Crippen molar-refractivity contribution >= 4 is 0 Å². The van der Waals surface area contributed by atoms with E-state index in [4.69, 9.17) is 0 Å². The molecule has 0 heterocycles. The summed E-state index contributed by atoms with van der Waals surface area (Å²) >= 11 is 0. The molecule has 0 spiro atoms. The minimum atomic E-state index is -4.10. The minimum Gasteiger partial charge on any atom is -0.307 e. The average Bonchev–Trinajstić information content (AvgIpc) is 2.15. The lowest BCUT2D eigenvalue weighted by Crippen LogP contribution is -2.36. The number of hydrogen-bond acceptors (Lipinski definition) is 2. The summed E-state index contributed by atoms with van der Waals surface area (Å²) in [6, 6.07) is 0. The fraction of sp³-hybridized carbons (Fsp3) is 1.00. The van der Waals surface area contributed by atoms with Gasteiger partial charge in [-0.3, -0.25) is 0 Å². The maximum atomic E-state index is 11.8. The van der Waals surface area contributed by atoms with Crippen molar-refractivity contribution in [1.29, 1.82) is 0 Å². The molecule has 0 radical (unpaired) electrons. The van der Waals surface area contributed by atoms with Crippen LogP contribution < -0.4 is 5.32 Å².